The molecule has 0 aromatic carbocycles. The quantitative estimate of drug-likeness (QED) is 0.753. The average molecular weight is 378 g/mol. The summed E-state index contributed by atoms with van der Waals surface area (Å²) in [6.45, 7) is 3.26. The normalized spacial score (nSPS) is 22.7. The highest BCUT2D eigenvalue weighted by Crippen LogP contribution is 2.35. The smallest absolute Gasteiger partial charge is 0.171 e. The Morgan fingerprint density at radius 2 is 1.83 bits per heavy atom. The molecule has 4 nitrogen and oxygen atoms in total. The Bertz CT molecular complexity index is 440. The number of piperidine rings is 1. The third-order valence-corrected chi connectivity index (χ3v) is 4.44. The van der Waals surface area contributed by atoms with Crippen LogP contribution >= 0.6 is 31.9 Å². The highest BCUT2D eigenvalue weighted by Gasteiger charge is 2.40. The molecule has 0 atom stereocenters. The first-order valence-electron chi connectivity index (χ1n) is 6.02. The Hall–Kier alpha value is -0.170. The lowest BCUT2D eigenvalue weighted by Gasteiger charge is -2.38. The molecule has 3 heterocycles. The van der Waals surface area contributed by atoms with Crippen LogP contribution in [0.3, 0.4) is 0 Å². The van der Waals surface area contributed by atoms with Crippen molar-refractivity contribution < 1.29 is 9.47 Å². The van der Waals surface area contributed by atoms with E-state index >= 15 is 0 Å². The summed E-state index contributed by atoms with van der Waals surface area (Å²) in [5, 5.41) is 0. The number of ether oxygens (including phenoxy) is 2. The van der Waals surface area contributed by atoms with Crippen molar-refractivity contribution >= 4 is 37.7 Å². The van der Waals surface area contributed by atoms with E-state index < -0.39 is 0 Å². The molecule has 1 spiro atoms. The van der Waals surface area contributed by atoms with E-state index in [9.17, 15) is 0 Å². The fourth-order valence-electron chi connectivity index (χ4n) is 2.48. The number of halogens is 2. The van der Waals surface area contributed by atoms with Gasteiger partial charge in [0.05, 0.1) is 17.7 Å². The van der Waals surface area contributed by atoms with Gasteiger partial charge in [-0.05, 0) is 37.9 Å². The zero-order valence-electron chi connectivity index (χ0n) is 9.86. The zero-order chi connectivity index (χ0) is 12.6. The van der Waals surface area contributed by atoms with Crippen LogP contribution in [0.1, 0.15) is 12.8 Å². The molecule has 0 radical (unpaired) electrons. The van der Waals surface area contributed by atoms with Crippen LogP contribution < -0.4 is 4.90 Å². The van der Waals surface area contributed by atoms with Crippen molar-refractivity contribution in [2.45, 2.75) is 18.6 Å². The molecule has 2 aliphatic rings. The van der Waals surface area contributed by atoms with Crippen molar-refractivity contribution in [1.82, 2.24) is 4.98 Å². The third kappa shape index (κ3) is 2.43. The van der Waals surface area contributed by atoms with E-state index in [1.807, 2.05) is 12.3 Å². The number of hydrogen-bond donors (Lipinski definition) is 0. The summed E-state index contributed by atoms with van der Waals surface area (Å²) in [7, 11) is 0. The number of anilines is 1. The number of rotatable bonds is 1. The Balaban J connectivity index is 1.72. The number of hydrogen-bond acceptors (Lipinski definition) is 4. The predicted octanol–water partition coefficient (Wildman–Crippen LogP) is 2.95. The van der Waals surface area contributed by atoms with Gasteiger partial charge in [0.1, 0.15) is 5.82 Å². The minimum absolute atomic E-state index is 0.321. The van der Waals surface area contributed by atoms with Gasteiger partial charge in [-0.3, -0.25) is 0 Å². The molecule has 1 aromatic rings. The van der Waals surface area contributed by atoms with Gasteiger partial charge in [-0.15, -0.1) is 0 Å². The van der Waals surface area contributed by atoms with E-state index in [1.54, 1.807) is 0 Å². The average Bonchev–Trinajstić information content (AvgIpc) is 2.80. The van der Waals surface area contributed by atoms with Crippen LogP contribution in [0.15, 0.2) is 21.2 Å². The van der Waals surface area contributed by atoms with Gasteiger partial charge in [0.2, 0.25) is 0 Å². The van der Waals surface area contributed by atoms with Crippen molar-refractivity contribution in [2.24, 2.45) is 0 Å². The van der Waals surface area contributed by atoms with Crippen LogP contribution in [0.25, 0.3) is 0 Å². The van der Waals surface area contributed by atoms with Crippen molar-refractivity contribution in [2.75, 3.05) is 31.2 Å². The first-order chi connectivity index (χ1) is 8.69. The maximum Gasteiger partial charge on any atom is 0.171 e. The minimum atomic E-state index is -0.321. The number of aromatic nitrogens is 1. The van der Waals surface area contributed by atoms with Gasteiger partial charge >= 0.3 is 0 Å². The lowest BCUT2D eigenvalue weighted by atomic mass is 10.0. The van der Waals surface area contributed by atoms with Gasteiger partial charge in [-0.1, -0.05) is 0 Å². The summed E-state index contributed by atoms with van der Waals surface area (Å²) in [5.41, 5.74) is 0. The summed E-state index contributed by atoms with van der Waals surface area (Å²) in [6.07, 6.45) is 3.63. The summed E-state index contributed by atoms with van der Waals surface area (Å²) >= 11 is 6.98. The molecule has 2 aliphatic heterocycles. The fourth-order valence-corrected chi connectivity index (χ4v) is 3.72. The number of nitrogens with zero attached hydrogens (tertiary/aromatic N) is 2. The SMILES string of the molecule is Brc1cnc(N2CCC3(CC2)OCCO3)c(Br)c1. The van der Waals surface area contributed by atoms with Crippen LogP contribution in [0, 0.1) is 0 Å². The van der Waals surface area contributed by atoms with Gasteiger partial charge in [0, 0.05) is 36.6 Å². The van der Waals surface area contributed by atoms with Crippen molar-refractivity contribution in [3.63, 3.8) is 0 Å². The molecule has 2 saturated heterocycles. The Kier molecular flexibility index (Phi) is 3.62. The molecule has 2 fully saturated rings. The van der Waals surface area contributed by atoms with E-state index in [0.29, 0.717) is 0 Å². The molecule has 0 amide bonds. The van der Waals surface area contributed by atoms with Crippen molar-refractivity contribution in [3.8, 4) is 0 Å². The molecule has 0 N–H and O–H groups in total. The Morgan fingerprint density at radius 1 is 1.17 bits per heavy atom. The molecule has 0 unspecified atom stereocenters. The molecule has 0 bridgehead atoms. The second-order valence-corrected chi connectivity index (χ2v) is 6.32. The monoisotopic (exact) mass is 376 g/mol. The molecule has 1 aromatic heterocycles. The van der Waals surface area contributed by atoms with Crippen LogP contribution in [0.4, 0.5) is 5.82 Å². The molecular weight excluding hydrogens is 364 g/mol. The molecule has 0 saturated carbocycles. The van der Waals surface area contributed by atoms with E-state index in [1.165, 1.54) is 0 Å². The summed E-state index contributed by atoms with van der Waals surface area (Å²) in [6, 6.07) is 2.02. The molecule has 6 heteroatoms. The number of pyridine rings is 1. The maximum absolute atomic E-state index is 5.73. The van der Waals surface area contributed by atoms with Gasteiger partial charge in [-0.2, -0.15) is 0 Å². The Morgan fingerprint density at radius 3 is 2.44 bits per heavy atom. The first kappa shape index (κ1) is 12.8. The predicted molar refractivity (Wildman–Crippen MR) is 75.7 cm³/mol. The van der Waals surface area contributed by atoms with E-state index in [2.05, 4.69) is 41.7 Å². The second-order valence-electron chi connectivity index (χ2n) is 4.55. The van der Waals surface area contributed by atoms with Gasteiger partial charge < -0.3 is 14.4 Å². The zero-order valence-corrected chi connectivity index (χ0v) is 13.0. The molecular formula is C12H14Br2N2O2. The van der Waals surface area contributed by atoms with Crippen molar-refractivity contribution in [1.29, 1.82) is 0 Å². The van der Waals surface area contributed by atoms with E-state index in [0.717, 1.165) is 53.9 Å². The van der Waals surface area contributed by atoms with Crippen molar-refractivity contribution in [3.05, 3.63) is 21.2 Å². The Labute approximate surface area is 123 Å². The van der Waals surface area contributed by atoms with Crippen LogP contribution in [-0.4, -0.2) is 37.1 Å². The molecule has 0 aliphatic carbocycles. The minimum Gasteiger partial charge on any atom is -0.355 e. The van der Waals surface area contributed by atoms with E-state index in [4.69, 9.17) is 9.47 Å². The molecule has 98 valence electrons. The first-order valence-corrected chi connectivity index (χ1v) is 7.61. The lowest BCUT2D eigenvalue weighted by Crippen LogP contribution is -2.45. The largest absolute Gasteiger partial charge is 0.355 e. The highest BCUT2D eigenvalue weighted by molar-refractivity contribution is 9.11. The summed E-state index contributed by atoms with van der Waals surface area (Å²) in [5.74, 6) is 0.671. The standard InChI is InChI=1S/C12H14Br2N2O2/c13-9-7-10(14)11(15-8-9)16-3-1-12(2-4-16)17-5-6-18-12/h7-8H,1-6H2. The van der Waals surface area contributed by atoms with Gasteiger partial charge in [0.25, 0.3) is 0 Å². The fraction of sp³-hybridized carbons (Fsp3) is 0.583. The van der Waals surface area contributed by atoms with Gasteiger partial charge in [0.15, 0.2) is 5.79 Å². The van der Waals surface area contributed by atoms with Crippen LogP contribution in [0.2, 0.25) is 0 Å². The molecule has 3 rings (SSSR count). The third-order valence-electron chi connectivity index (χ3n) is 3.43. The topological polar surface area (TPSA) is 34.6 Å². The van der Waals surface area contributed by atoms with Crippen LogP contribution in [-0.2, 0) is 9.47 Å². The maximum atomic E-state index is 5.73. The highest BCUT2D eigenvalue weighted by atomic mass is 79.9. The summed E-state index contributed by atoms with van der Waals surface area (Å²) < 4.78 is 13.4. The molecule has 18 heavy (non-hydrogen) atoms. The second kappa shape index (κ2) is 5.07. The van der Waals surface area contributed by atoms with Gasteiger partial charge in [-0.25, -0.2) is 4.98 Å². The van der Waals surface area contributed by atoms with E-state index in [-0.39, 0.29) is 5.79 Å². The van der Waals surface area contributed by atoms with Crippen LogP contribution in [0.5, 0.6) is 0 Å². The summed E-state index contributed by atoms with van der Waals surface area (Å²) in [4.78, 5) is 6.74. The lowest BCUT2D eigenvalue weighted by molar-refractivity contribution is -0.169.